The number of benzene rings is 2. The number of anilines is 1. The van der Waals surface area contributed by atoms with Crippen molar-refractivity contribution < 1.29 is 18.9 Å². The second kappa shape index (κ2) is 8.48. The van der Waals surface area contributed by atoms with E-state index in [1.165, 1.54) is 23.1 Å². The lowest BCUT2D eigenvalue weighted by atomic mass is 10.1. The van der Waals surface area contributed by atoms with E-state index >= 15 is 0 Å². The van der Waals surface area contributed by atoms with Gasteiger partial charge in [-0.3, -0.25) is 29.9 Å². The van der Waals surface area contributed by atoms with Crippen LogP contribution in [0.4, 0.5) is 11.4 Å². The van der Waals surface area contributed by atoms with Crippen LogP contribution < -0.4 is 10.2 Å². The van der Waals surface area contributed by atoms with Gasteiger partial charge in [-0.15, -0.1) is 0 Å². The molecule has 0 spiro atoms. The number of aryl methyl sites for hydroxylation is 1. The lowest BCUT2D eigenvalue weighted by Crippen LogP contribution is -2.54. The van der Waals surface area contributed by atoms with E-state index in [9.17, 15) is 19.7 Å². The number of nitrogens with one attached hydrogen (secondary N) is 1. The van der Waals surface area contributed by atoms with E-state index in [4.69, 9.17) is 16.6 Å². The number of halogens is 1. The average molecular weight is 512 g/mol. The summed E-state index contributed by atoms with van der Waals surface area (Å²) < 4.78 is 6.61. The molecule has 160 valence electrons. The number of nitrogens with zero attached hydrogens (tertiary/aromatic N) is 2. The number of carbonyl (C=O) groups excluding carboxylic acids is 2. The molecule has 10 heteroatoms. The van der Waals surface area contributed by atoms with Gasteiger partial charge in [0.2, 0.25) is 0 Å². The number of hydrogen-bond donors (Lipinski definition) is 1. The molecule has 1 saturated heterocycles. The van der Waals surface area contributed by atoms with Crippen molar-refractivity contribution in [1.29, 1.82) is 0 Å². The average Bonchev–Trinajstić information content (AvgIpc) is 3.21. The first-order valence-electron chi connectivity index (χ1n) is 9.27. The molecule has 32 heavy (non-hydrogen) atoms. The first kappa shape index (κ1) is 21.6. The van der Waals surface area contributed by atoms with Crippen LogP contribution in [0.15, 0.2) is 69.1 Å². The molecule has 1 aliphatic rings. The summed E-state index contributed by atoms with van der Waals surface area (Å²) in [6.07, 6.45) is 1.32. The van der Waals surface area contributed by atoms with Crippen molar-refractivity contribution in [2.24, 2.45) is 0 Å². The molecule has 0 atom stereocenters. The van der Waals surface area contributed by atoms with E-state index in [1.807, 2.05) is 0 Å². The fourth-order valence-electron chi connectivity index (χ4n) is 3.19. The molecule has 0 aliphatic carbocycles. The number of nitro groups is 1. The Morgan fingerprint density at radius 2 is 1.84 bits per heavy atom. The molecule has 1 N–H and O–H groups in total. The molecular weight excluding hydrogens is 498 g/mol. The second-order valence-electron chi connectivity index (χ2n) is 6.89. The van der Waals surface area contributed by atoms with Crippen molar-refractivity contribution in [3.63, 3.8) is 0 Å². The smallest absolute Gasteiger partial charge is 0.270 e. The zero-order valence-electron chi connectivity index (χ0n) is 16.5. The molecule has 0 saturated carbocycles. The largest absolute Gasteiger partial charge is 0.457 e. The molecule has 2 aromatic carbocycles. The molecule has 0 bridgehead atoms. The molecule has 0 radical (unpaired) electrons. The van der Waals surface area contributed by atoms with Crippen LogP contribution >= 0.6 is 28.1 Å². The summed E-state index contributed by atoms with van der Waals surface area (Å²) in [7, 11) is 0. The molecule has 1 aliphatic heterocycles. The number of furan rings is 1. The number of nitro benzene ring substituents is 1. The molecule has 1 aromatic heterocycles. The van der Waals surface area contributed by atoms with Gasteiger partial charge < -0.3 is 4.42 Å². The maximum absolute atomic E-state index is 13.1. The maximum atomic E-state index is 13.1. The number of non-ortho nitro benzene ring substituents is 1. The Balaban J connectivity index is 1.69. The molecule has 2 heterocycles. The predicted octanol–water partition coefficient (Wildman–Crippen LogP) is 4.76. The highest BCUT2D eigenvalue weighted by molar-refractivity contribution is 9.10. The van der Waals surface area contributed by atoms with Crippen LogP contribution in [-0.4, -0.2) is 21.9 Å². The molecule has 8 nitrogen and oxygen atoms in total. The molecule has 4 rings (SSSR count). The zero-order valence-corrected chi connectivity index (χ0v) is 18.9. The highest BCUT2D eigenvalue weighted by Crippen LogP contribution is 2.30. The van der Waals surface area contributed by atoms with Crippen LogP contribution in [0.1, 0.15) is 11.3 Å². The van der Waals surface area contributed by atoms with Gasteiger partial charge >= 0.3 is 0 Å². The predicted molar refractivity (Wildman–Crippen MR) is 126 cm³/mol. The zero-order chi connectivity index (χ0) is 23.0. The van der Waals surface area contributed by atoms with Gasteiger partial charge in [0.25, 0.3) is 17.5 Å². The lowest BCUT2D eigenvalue weighted by Gasteiger charge is -2.28. The summed E-state index contributed by atoms with van der Waals surface area (Å²) in [5, 5.41) is 13.6. The van der Waals surface area contributed by atoms with E-state index < -0.39 is 16.7 Å². The lowest BCUT2D eigenvalue weighted by molar-refractivity contribution is -0.384. The van der Waals surface area contributed by atoms with Gasteiger partial charge in [-0.2, -0.15) is 0 Å². The van der Waals surface area contributed by atoms with Crippen LogP contribution in [0.2, 0.25) is 0 Å². The van der Waals surface area contributed by atoms with Gasteiger partial charge in [0.05, 0.1) is 10.6 Å². The van der Waals surface area contributed by atoms with Crippen molar-refractivity contribution >= 4 is 62.5 Å². The fourth-order valence-corrected chi connectivity index (χ4v) is 3.73. The van der Waals surface area contributed by atoms with Gasteiger partial charge in [0, 0.05) is 22.2 Å². The van der Waals surface area contributed by atoms with Gasteiger partial charge in [0.1, 0.15) is 17.1 Å². The Morgan fingerprint density at radius 1 is 1.12 bits per heavy atom. The van der Waals surface area contributed by atoms with Crippen molar-refractivity contribution in [3.8, 4) is 11.3 Å². The molecule has 1 fully saturated rings. The fraction of sp³-hybridized carbons (Fsp3) is 0.0455. The van der Waals surface area contributed by atoms with Crippen LogP contribution in [0.25, 0.3) is 17.4 Å². The molecule has 3 aromatic rings. The normalized spacial score (nSPS) is 15.2. The number of hydrogen-bond acceptors (Lipinski definition) is 6. The van der Waals surface area contributed by atoms with E-state index in [-0.39, 0.29) is 22.1 Å². The van der Waals surface area contributed by atoms with Crippen LogP contribution in [0.3, 0.4) is 0 Å². The van der Waals surface area contributed by atoms with E-state index in [1.54, 1.807) is 49.4 Å². The SMILES string of the molecule is Cc1ccc([N+](=O)[O-])cc1-c1ccc(/C=C2\C(=O)NC(=S)N(c3ccc(Br)cc3)C2=O)o1. The molecule has 2 amide bonds. The second-order valence-corrected chi connectivity index (χ2v) is 8.19. The number of thiocarbonyl (C=S) groups is 1. The minimum atomic E-state index is -0.641. The summed E-state index contributed by atoms with van der Waals surface area (Å²) in [5.74, 6) is -0.613. The topological polar surface area (TPSA) is 106 Å². The van der Waals surface area contributed by atoms with E-state index in [0.29, 0.717) is 17.0 Å². The van der Waals surface area contributed by atoms with Gasteiger partial charge in [-0.1, -0.05) is 22.0 Å². The first-order valence-corrected chi connectivity index (χ1v) is 10.5. The minimum absolute atomic E-state index is 0.0215. The van der Waals surface area contributed by atoms with Gasteiger partial charge in [-0.05, 0) is 67.2 Å². The van der Waals surface area contributed by atoms with E-state index in [0.717, 1.165) is 10.0 Å². The third-order valence-corrected chi connectivity index (χ3v) is 5.61. The monoisotopic (exact) mass is 511 g/mol. The standard InChI is InChI=1S/C22H14BrN3O5S/c1-12-2-5-15(26(29)30)10-17(12)19-9-8-16(31-19)11-18-20(27)24-22(32)25(21(18)28)14-6-3-13(23)4-7-14/h2-11H,1H3,(H,24,27,32)/b18-11+. The Labute approximate surface area is 195 Å². The van der Waals surface area contributed by atoms with Crippen LogP contribution in [-0.2, 0) is 9.59 Å². The van der Waals surface area contributed by atoms with E-state index in [2.05, 4.69) is 21.2 Å². The summed E-state index contributed by atoms with van der Waals surface area (Å²) in [5.41, 5.74) is 1.60. The Hall–Kier alpha value is -3.63. The van der Waals surface area contributed by atoms with Crippen LogP contribution in [0.5, 0.6) is 0 Å². The summed E-state index contributed by atoms with van der Waals surface area (Å²) in [4.78, 5) is 37.4. The van der Waals surface area contributed by atoms with Crippen LogP contribution in [0, 0.1) is 17.0 Å². The number of rotatable bonds is 4. The minimum Gasteiger partial charge on any atom is -0.457 e. The first-order chi connectivity index (χ1) is 15.2. The Bertz CT molecular complexity index is 1310. The molecule has 0 unspecified atom stereocenters. The summed E-state index contributed by atoms with van der Waals surface area (Å²) in [6, 6.07) is 14.6. The summed E-state index contributed by atoms with van der Waals surface area (Å²) in [6.45, 7) is 1.80. The van der Waals surface area contributed by atoms with Crippen molar-refractivity contribution in [1.82, 2.24) is 5.32 Å². The highest BCUT2D eigenvalue weighted by Gasteiger charge is 2.34. The van der Waals surface area contributed by atoms with Crippen molar-refractivity contribution in [2.75, 3.05) is 4.90 Å². The highest BCUT2D eigenvalue weighted by atomic mass is 79.9. The Morgan fingerprint density at radius 3 is 2.53 bits per heavy atom. The quantitative estimate of drug-likeness (QED) is 0.178. The number of carbonyl (C=O) groups is 2. The van der Waals surface area contributed by atoms with Gasteiger partial charge in [-0.25, -0.2) is 0 Å². The maximum Gasteiger partial charge on any atom is 0.270 e. The third-order valence-electron chi connectivity index (χ3n) is 4.80. The Kier molecular flexibility index (Phi) is 5.72. The van der Waals surface area contributed by atoms with Crippen molar-refractivity contribution in [3.05, 3.63) is 86.1 Å². The third kappa shape index (κ3) is 4.10. The van der Waals surface area contributed by atoms with Gasteiger partial charge in [0.15, 0.2) is 5.11 Å². The van der Waals surface area contributed by atoms with Crippen molar-refractivity contribution in [2.45, 2.75) is 6.92 Å². The molecular formula is C22H14BrN3O5S. The summed E-state index contributed by atoms with van der Waals surface area (Å²) >= 11 is 8.52. The number of amides is 2.